The first-order valence-electron chi connectivity index (χ1n) is 6.88. The standard InChI is InChI=1S/C16H20FNO2/c1-12-4-5-18(11-16(12)20)10-14-7-13(3-2-6-19)8-15(17)9-14/h7-9,12,16,19-20H,4-6,10-11H2,1H3. The third-order valence-electron chi connectivity index (χ3n) is 3.68. The Balaban J connectivity index is 2.07. The van der Waals surface area contributed by atoms with Gasteiger partial charge in [-0.2, -0.15) is 0 Å². The molecular formula is C16H20FNO2. The van der Waals surface area contributed by atoms with Crippen LogP contribution in [0.2, 0.25) is 0 Å². The lowest BCUT2D eigenvalue weighted by molar-refractivity contribution is 0.0259. The van der Waals surface area contributed by atoms with E-state index >= 15 is 0 Å². The predicted octanol–water partition coefficient (Wildman–Crippen LogP) is 1.37. The largest absolute Gasteiger partial charge is 0.392 e. The number of benzene rings is 1. The number of nitrogens with zero attached hydrogens (tertiary/aromatic N) is 1. The molecule has 1 saturated heterocycles. The molecule has 2 rings (SSSR count). The second-order valence-electron chi connectivity index (χ2n) is 5.38. The lowest BCUT2D eigenvalue weighted by Gasteiger charge is -2.34. The summed E-state index contributed by atoms with van der Waals surface area (Å²) >= 11 is 0. The van der Waals surface area contributed by atoms with E-state index in [1.165, 1.54) is 12.1 Å². The van der Waals surface area contributed by atoms with Gasteiger partial charge in [0.2, 0.25) is 0 Å². The number of aliphatic hydroxyl groups excluding tert-OH is 2. The van der Waals surface area contributed by atoms with Gasteiger partial charge in [-0.1, -0.05) is 18.8 Å². The Morgan fingerprint density at radius 2 is 2.20 bits per heavy atom. The topological polar surface area (TPSA) is 43.7 Å². The van der Waals surface area contributed by atoms with Gasteiger partial charge >= 0.3 is 0 Å². The molecular weight excluding hydrogens is 257 g/mol. The fraction of sp³-hybridized carbons (Fsp3) is 0.500. The molecule has 1 aliphatic rings. The summed E-state index contributed by atoms with van der Waals surface area (Å²) in [5, 5.41) is 18.6. The minimum Gasteiger partial charge on any atom is -0.392 e. The van der Waals surface area contributed by atoms with Gasteiger partial charge in [-0.05, 0) is 42.6 Å². The van der Waals surface area contributed by atoms with Crippen molar-refractivity contribution in [2.45, 2.75) is 26.0 Å². The van der Waals surface area contributed by atoms with E-state index < -0.39 is 0 Å². The maximum atomic E-state index is 13.5. The molecule has 0 aliphatic carbocycles. The summed E-state index contributed by atoms with van der Waals surface area (Å²) < 4.78 is 13.5. The van der Waals surface area contributed by atoms with Crippen molar-refractivity contribution in [1.82, 2.24) is 4.90 Å². The average Bonchev–Trinajstić information content (AvgIpc) is 2.40. The Hall–Kier alpha value is -1.41. The first kappa shape index (κ1) is 15.0. The summed E-state index contributed by atoms with van der Waals surface area (Å²) in [5.74, 6) is 5.24. The average molecular weight is 277 g/mol. The molecule has 1 aliphatic heterocycles. The molecule has 1 heterocycles. The van der Waals surface area contributed by atoms with Gasteiger partial charge in [0.25, 0.3) is 0 Å². The second-order valence-corrected chi connectivity index (χ2v) is 5.38. The van der Waals surface area contributed by atoms with Crippen LogP contribution in [-0.4, -0.2) is 40.9 Å². The van der Waals surface area contributed by atoms with Gasteiger partial charge in [0.1, 0.15) is 12.4 Å². The van der Waals surface area contributed by atoms with Crippen LogP contribution < -0.4 is 0 Å². The minimum atomic E-state index is -0.323. The number of rotatable bonds is 2. The van der Waals surface area contributed by atoms with Crippen molar-refractivity contribution in [3.63, 3.8) is 0 Å². The zero-order chi connectivity index (χ0) is 14.5. The summed E-state index contributed by atoms with van der Waals surface area (Å²) in [6.07, 6.45) is 0.638. The Morgan fingerprint density at radius 3 is 2.90 bits per heavy atom. The highest BCUT2D eigenvalue weighted by atomic mass is 19.1. The highest BCUT2D eigenvalue weighted by molar-refractivity contribution is 5.37. The van der Waals surface area contributed by atoms with Crippen molar-refractivity contribution in [2.75, 3.05) is 19.7 Å². The monoisotopic (exact) mass is 277 g/mol. The summed E-state index contributed by atoms with van der Waals surface area (Å²) in [6.45, 7) is 3.95. The molecule has 0 radical (unpaired) electrons. The van der Waals surface area contributed by atoms with Crippen molar-refractivity contribution >= 4 is 0 Å². The number of β-amino-alcohol motifs (C(OH)–C–C–N with tert-alkyl or cyclic N) is 1. The summed E-state index contributed by atoms with van der Waals surface area (Å²) in [7, 11) is 0. The molecule has 4 heteroatoms. The Morgan fingerprint density at radius 1 is 1.40 bits per heavy atom. The number of likely N-dealkylation sites (tertiary alicyclic amines) is 1. The number of hydrogen-bond acceptors (Lipinski definition) is 3. The van der Waals surface area contributed by atoms with Crippen LogP contribution in [0.15, 0.2) is 18.2 Å². The number of hydrogen-bond donors (Lipinski definition) is 2. The molecule has 0 saturated carbocycles. The van der Waals surface area contributed by atoms with E-state index in [1.54, 1.807) is 0 Å². The molecule has 2 N–H and O–H groups in total. The molecule has 1 aromatic carbocycles. The molecule has 3 nitrogen and oxygen atoms in total. The van der Waals surface area contributed by atoms with Crippen LogP contribution in [-0.2, 0) is 6.54 Å². The predicted molar refractivity (Wildman–Crippen MR) is 75.4 cm³/mol. The zero-order valence-corrected chi connectivity index (χ0v) is 11.6. The number of halogens is 1. The molecule has 1 fully saturated rings. The fourth-order valence-electron chi connectivity index (χ4n) is 2.47. The first-order valence-corrected chi connectivity index (χ1v) is 6.88. The Labute approximate surface area is 119 Å². The van der Waals surface area contributed by atoms with E-state index in [0.29, 0.717) is 24.6 Å². The lowest BCUT2D eigenvalue weighted by atomic mass is 9.95. The van der Waals surface area contributed by atoms with Gasteiger partial charge in [0.05, 0.1) is 6.10 Å². The third kappa shape index (κ3) is 4.04. The van der Waals surface area contributed by atoms with E-state index in [-0.39, 0.29) is 18.5 Å². The van der Waals surface area contributed by atoms with E-state index in [0.717, 1.165) is 18.5 Å². The van der Waals surface area contributed by atoms with E-state index in [4.69, 9.17) is 5.11 Å². The Kier molecular flexibility index (Phi) is 5.13. The maximum absolute atomic E-state index is 13.5. The molecule has 0 aromatic heterocycles. The summed E-state index contributed by atoms with van der Waals surface area (Å²) in [5.41, 5.74) is 1.41. The molecule has 20 heavy (non-hydrogen) atoms. The summed E-state index contributed by atoms with van der Waals surface area (Å²) in [6, 6.07) is 4.68. The maximum Gasteiger partial charge on any atom is 0.124 e. The molecule has 108 valence electrons. The van der Waals surface area contributed by atoms with E-state index in [9.17, 15) is 9.50 Å². The van der Waals surface area contributed by atoms with Crippen LogP contribution in [0.25, 0.3) is 0 Å². The van der Waals surface area contributed by atoms with Crippen LogP contribution in [0, 0.1) is 23.6 Å². The van der Waals surface area contributed by atoms with Crippen LogP contribution in [0.1, 0.15) is 24.5 Å². The molecule has 0 amide bonds. The lowest BCUT2D eigenvalue weighted by Crippen LogP contribution is -2.42. The fourth-order valence-corrected chi connectivity index (χ4v) is 2.47. The van der Waals surface area contributed by atoms with Gasteiger partial charge in [-0.25, -0.2) is 4.39 Å². The molecule has 2 atom stereocenters. The molecule has 2 unspecified atom stereocenters. The van der Waals surface area contributed by atoms with E-state index in [1.807, 2.05) is 13.0 Å². The summed E-state index contributed by atoms with van der Waals surface area (Å²) in [4.78, 5) is 2.13. The van der Waals surface area contributed by atoms with Crippen LogP contribution in [0.4, 0.5) is 4.39 Å². The number of piperidine rings is 1. The van der Waals surface area contributed by atoms with Crippen molar-refractivity contribution in [3.05, 3.63) is 35.1 Å². The van der Waals surface area contributed by atoms with Crippen LogP contribution >= 0.6 is 0 Å². The van der Waals surface area contributed by atoms with Crippen molar-refractivity contribution in [2.24, 2.45) is 5.92 Å². The SMILES string of the molecule is CC1CCN(Cc2cc(F)cc(C#CCO)c2)CC1O. The highest BCUT2D eigenvalue weighted by Gasteiger charge is 2.24. The van der Waals surface area contributed by atoms with Crippen molar-refractivity contribution in [1.29, 1.82) is 0 Å². The Bertz CT molecular complexity index is 521. The smallest absolute Gasteiger partial charge is 0.124 e. The molecule has 1 aromatic rings. The van der Waals surface area contributed by atoms with Gasteiger partial charge in [-0.3, -0.25) is 4.90 Å². The second kappa shape index (κ2) is 6.85. The first-order chi connectivity index (χ1) is 9.58. The van der Waals surface area contributed by atoms with Crippen molar-refractivity contribution in [3.8, 4) is 11.8 Å². The van der Waals surface area contributed by atoms with Gasteiger partial charge in [0, 0.05) is 18.7 Å². The quantitative estimate of drug-likeness (QED) is 0.803. The van der Waals surface area contributed by atoms with Crippen LogP contribution in [0.3, 0.4) is 0 Å². The normalized spacial score (nSPS) is 23.2. The van der Waals surface area contributed by atoms with Gasteiger partial charge < -0.3 is 10.2 Å². The minimum absolute atomic E-state index is 0.234. The number of aliphatic hydroxyl groups is 2. The van der Waals surface area contributed by atoms with Gasteiger partial charge in [0.15, 0.2) is 0 Å². The highest BCUT2D eigenvalue weighted by Crippen LogP contribution is 2.19. The molecule has 0 spiro atoms. The van der Waals surface area contributed by atoms with Gasteiger partial charge in [-0.15, -0.1) is 0 Å². The van der Waals surface area contributed by atoms with Crippen LogP contribution in [0.5, 0.6) is 0 Å². The third-order valence-corrected chi connectivity index (χ3v) is 3.68. The van der Waals surface area contributed by atoms with E-state index in [2.05, 4.69) is 16.7 Å². The van der Waals surface area contributed by atoms with Crippen molar-refractivity contribution < 1.29 is 14.6 Å². The molecule has 0 bridgehead atoms. The zero-order valence-electron chi connectivity index (χ0n) is 11.6.